The highest BCUT2D eigenvalue weighted by molar-refractivity contribution is 14.1. The van der Waals surface area contributed by atoms with Crippen LogP contribution in [0.4, 0.5) is 4.39 Å². The highest BCUT2D eigenvalue weighted by atomic mass is 127. The number of esters is 1. The monoisotopic (exact) mass is 218 g/mol. The molecule has 0 aliphatic heterocycles. The first-order valence-corrected chi connectivity index (χ1v) is 2.79. The van der Waals surface area contributed by atoms with Crippen molar-refractivity contribution < 1.29 is 13.9 Å². The minimum Gasteiger partial charge on any atom is -0.466 e. The second kappa shape index (κ2) is 3.17. The highest BCUT2D eigenvalue weighted by Gasteiger charge is 2.10. The maximum atomic E-state index is 11.6. The fraction of sp³-hybridized carbons (Fsp3) is 0.667. The van der Waals surface area contributed by atoms with Crippen molar-refractivity contribution >= 4 is 28.6 Å². The molecular weight excluding hydrogens is 214 g/mol. The van der Waals surface area contributed by atoms with Gasteiger partial charge in [-0.1, -0.05) is 0 Å². The summed E-state index contributed by atoms with van der Waals surface area (Å²) in [4.78, 5) is 9.91. The van der Waals surface area contributed by atoms with Crippen molar-refractivity contribution in [1.29, 1.82) is 0 Å². The molecule has 0 saturated carbocycles. The molecule has 0 aromatic heterocycles. The van der Waals surface area contributed by atoms with Crippen LogP contribution in [0.15, 0.2) is 0 Å². The fourth-order valence-corrected chi connectivity index (χ4v) is 0.343. The average Bonchev–Trinajstić information content (AvgIpc) is 1.65. The van der Waals surface area contributed by atoms with Gasteiger partial charge in [0.05, 0.1) is 7.11 Å². The number of halogens is 2. The van der Waals surface area contributed by atoms with Crippen molar-refractivity contribution in [3.05, 3.63) is 0 Å². The maximum Gasteiger partial charge on any atom is 0.350 e. The molecule has 0 bridgehead atoms. The number of carbonyl (C=O) groups is 1. The van der Waals surface area contributed by atoms with Gasteiger partial charge >= 0.3 is 5.97 Å². The van der Waals surface area contributed by atoms with Gasteiger partial charge in [0, 0.05) is 0 Å². The van der Waals surface area contributed by atoms with E-state index in [9.17, 15) is 9.18 Å². The summed E-state index contributed by atoms with van der Waals surface area (Å²) < 4.78 is 14.1. The Balaban J connectivity index is 3.35. The Morgan fingerprint density at radius 1 is 2.00 bits per heavy atom. The summed E-state index contributed by atoms with van der Waals surface area (Å²) in [5.41, 5.74) is 0. The predicted molar refractivity (Wildman–Crippen MR) is 30.9 cm³/mol. The summed E-state index contributed by atoms with van der Waals surface area (Å²) in [6, 6.07) is 0. The normalized spacial score (nSPS) is 13.0. The summed E-state index contributed by atoms with van der Waals surface area (Å²) in [5.74, 6) is -0.833. The van der Waals surface area contributed by atoms with Crippen LogP contribution in [0.25, 0.3) is 0 Å². The molecule has 0 radical (unpaired) electrons. The zero-order chi connectivity index (χ0) is 5.86. The summed E-state index contributed by atoms with van der Waals surface area (Å²) in [5, 5.41) is 0. The van der Waals surface area contributed by atoms with Gasteiger partial charge in [-0.3, -0.25) is 0 Å². The number of alkyl halides is 2. The summed E-state index contributed by atoms with van der Waals surface area (Å²) >= 11 is 1.33. The van der Waals surface area contributed by atoms with Gasteiger partial charge in [0.2, 0.25) is 4.18 Å². The third-order valence-corrected chi connectivity index (χ3v) is 0.888. The maximum absolute atomic E-state index is 11.6. The van der Waals surface area contributed by atoms with Crippen LogP contribution in [-0.2, 0) is 9.53 Å². The zero-order valence-corrected chi connectivity index (χ0v) is 5.81. The molecule has 0 aromatic carbocycles. The Morgan fingerprint density at radius 3 is 2.43 bits per heavy atom. The van der Waals surface area contributed by atoms with E-state index in [4.69, 9.17) is 0 Å². The molecule has 0 aliphatic rings. The van der Waals surface area contributed by atoms with E-state index in [-0.39, 0.29) is 0 Å². The summed E-state index contributed by atoms with van der Waals surface area (Å²) in [7, 11) is 1.15. The molecule has 1 unspecified atom stereocenters. The van der Waals surface area contributed by atoms with Crippen LogP contribution < -0.4 is 0 Å². The molecule has 42 valence electrons. The van der Waals surface area contributed by atoms with Crippen LogP contribution in [0.2, 0.25) is 0 Å². The number of hydrogen-bond donors (Lipinski definition) is 0. The molecule has 2 nitrogen and oxygen atoms in total. The molecular formula is C3H4FIO2. The summed E-state index contributed by atoms with van der Waals surface area (Å²) in [6.07, 6.45) is 0. The molecule has 0 rings (SSSR count). The highest BCUT2D eigenvalue weighted by Crippen LogP contribution is 2.01. The summed E-state index contributed by atoms with van der Waals surface area (Å²) in [6.45, 7) is 0. The molecule has 4 heteroatoms. The smallest absolute Gasteiger partial charge is 0.350 e. The van der Waals surface area contributed by atoms with Gasteiger partial charge in [0.15, 0.2) is 0 Å². The molecule has 0 heterocycles. The van der Waals surface area contributed by atoms with Crippen LogP contribution >= 0.6 is 22.6 Å². The average molecular weight is 218 g/mol. The second-order valence-corrected chi connectivity index (χ2v) is 1.92. The Kier molecular flexibility index (Phi) is 3.23. The van der Waals surface area contributed by atoms with Gasteiger partial charge < -0.3 is 4.74 Å². The number of hydrogen-bond acceptors (Lipinski definition) is 2. The van der Waals surface area contributed by atoms with E-state index >= 15 is 0 Å². The van der Waals surface area contributed by atoms with Crippen molar-refractivity contribution in [1.82, 2.24) is 0 Å². The van der Waals surface area contributed by atoms with Crippen LogP contribution in [0.1, 0.15) is 0 Å². The number of ether oxygens (including phenoxy) is 1. The lowest BCUT2D eigenvalue weighted by atomic mass is 10.8. The van der Waals surface area contributed by atoms with Crippen LogP contribution in [0.3, 0.4) is 0 Å². The molecule has 0 amide bonds. The molecule has 0 saturated heterocycles. The van der Waals surface area contributed by atoms with E-state index in [1.807, 2.05) is 0 Å². The first kappa shape index (κ1) is 7.13. The largest absolute Gasteiger partial charge is 0.466 e. The Morgan fingerprint density at radius 2 is 2.43 bits per heavy atom. The molecule has 0 aliphatic carbocycles. The Labute approximate surface area is 54.2 Å². The van der Waals surface area contributed by atoms with E-state index in [1.165, 1.54) is 22.6 Å². The third-order valence-electron chi connectivity index (χ3n) is 0.379. The number of rotatable bonds is 1. The third kappa shape index (κ3) is 2.78. The molecule has 0 fully saturated rings. The Hall–Kier alpha value is 0.130. The van der Waals surface area contributed by atoms with Crippen molar-refractivity contribution in [3.8, 4) is 0 Å². The van der Waals surface area contributed by atoms with Crippen molar-refractivity contribution in [2.45, 2.75) is 4.18 Å². The first-order valence-electron chi connectivity index (χ1n) is 1.54. The Bertz CT molecular complexity index is 73.3. The molecule has 1 atom stereocenters. The SMILES string of the molecule is COC(=O)C(F)I. The predicted octanol–water partition coefficient (Wildman–Crippen LogP) is 0.890. The molecule has 0 N–H and O–H groups in total. The van der Waals surface area contributed by atoms with Gasteiger partial charge in [0.1, 0.15) is 0 Å². The second-order valence-electron chi connectivity index (χ2n) is 0.824. The van der Waals surface area contributed by atoms with Crippen LogP contribution in [-0.4, -0.2) is 17.3 Å². The van der Waals surface area contributed by atoms with E-state index in [1.54, 1.807) is 0 Å². The zero-order valence-electron chi connectivity index (χ0n) is 3.65. The topological polar surface area (TPSA) is 26.3 Å². The van der Waals surface area contributed by atoms with E-state index in [2.05, 4.69) is 4.74 Å². The minimum absolute atomic E-state index is 0.833. The molecule has 7 heavy (non-hydrogen) atoms. The minimum atomic E-state index is -1.53. The van der Waals surface area contributed by atoms with Gasteiger partial charge in [-0.05, 0) is 22.6 Å². The van der Waals surface area contributed by atoms with Crippen molar-refractivity contribution in [2.75, 3.05) is 7.11 Å². The van der Waals surface area contributed by atoms with Crippen molar-refractivity contribution in [3.63, 3.8) is 0 Å². The lowest BCUT2D eigenvalue weighted by molar-refractivity contribution is -0.142. The van der Waals surface area contributed by atoms with E-state index in [0.717, 1.165) is 7.11 Å². The lowest BCUT2D eigenvalue weighted by Gasteiger charge is -1.93. The van der Waals surface area contributed by atoms with Crippen LogP contribution in [0.5, 0.6) is 0 Å². The quantitative estimate of drug-likeness (QED) is 0.371. The molecule has 0 spiro atoms. The van der Waals surface area contributed by atoms with Gasteiger partial charge in [0.25, 0.3) is 0 Å². The lowest BCUT2D eigenvalue weighted by Crippen LogP contribution is -2.08. The first-order chi connectivity index (χ1) is 3.18. The van der Waals surface area contributed by atoms with Crippen molar-refractivity contribution in [2.24, 2.45) is 0 Å². The number of carbonyl (C=O) groups excluding carboxylic acids is 1. The van der Waals surface area contributed by atoms with Gasteiger partial charge in [-0.25, -0.2) is 9.18 Å². The molecule has 0 aromatic rings. The van der Waals surface area contributed by atoms with E-state index in [0.29, 0.717) is 0 Å². The van der Waals surface area contributed by atoms with Gasteiger partial charge in [-0.2, -0.15) is 0 Å². The number of methoxy groups -OCH3 is 1. The van der Waals surface area contributed by atoms with E-state index < -0.39 is 10.1 Å². The fourth-order valence-electron chi connectivity index (χ4n) is 0.0891. The van der Waals surface area contributed by atoms with Crippen LogP contribution in [0, 0.1) is 0 Å². The van der Waals surface area contributed by atoms with Gasteiger partial charge in [-0.15, -0.1) is 0 Å². The standard InChI is InChI=1S/C3H4FIO2/c1-7-3(6)2(4)5/h2H,1H3.